The van der Waals surface area contributed by atoms with E-state index in [1.807, 2.05) is 0 Å². The molecule has 7 unspecified atom stereocenters. The van der Waals surface area contributed by atoms with E-state index in [2.05, 4.69) is 46.9 Å². The summed E-state index contributed by atoms with van der Waals surface area (Å²) >= 11 is 0. The van der Waals surface area contributed by atoms with Crippen molar-refractivity contribution in [2.24, 2.45) is 40.4 Å². The monoisotopic (exact) mass is 389 g/mol. The molecule has 0 heterocycles. The fourth-order valence-electron chi connectivity index (χ4n) is 7.41. The minimum absolute atomic E-state index is 0.151. The summed E-state index contributed by atoms with van der Waals surface area (Å²) in [5.41, 5.74) is 0.272. The largest absolute Gasteiger partial charge is 0.351 e. The fourth-order valence-corrected chi connectivity index (χ4v) is 7.41. The third kappa shape index (κ3) is 3.79. The van der Waals surface area contributed by atoms with E-state index < -0.39 is 0 Å². The second-order valence-electron chi connectivity index (χ2n) is 12.0. The first-order chi connectivity index (χ1) is 12.9. The van der Waals surface area contributed by atoms with Gasteiger partial charge in [0.2, 0.25) is 5.91 Å². The summed E-state index contributed by atoms with van der Waals surface area (Å²) in [6.07, 6.45) is 9.02. The number of nitrogens with one attached hydrogen (secondary N) is 1. The molecular formula is C25H43NO2. The number of hydrogen-bond donors (Lipinski definition) is 1. The lowest BCUT2D eigenvalue weighted by molar-refractivity contribution is -0.137. The Labute approximate surface area is 172 Å². The highest BCUT2D eigenvalue weighted by molar-refractivity contribution is 5.80. The molecule has 3 rings (SSSR count). The average Bonchev–Trinajstić information content (AvgIpc) is 2.92. The highest BCUT2D eigenvalue weighted by Gasteiger charge is 2.60. The third-order valence-corrected chi connectivity index (χ3v) is 9.17. The molecule has 7 atom stereocenters. The van der Waals surface area contributed by atoms with Crippen LogP contribution in [0.2, 0.25) is 0 Å². The summed E-state index contributed by atoms with van der Waals surface area (Å²) in [5.74, 6) is 3.60. The van der Waals surface area contributed by atoms with Gasteiger partial charge in [0.15, 0.2) is 0 Å². The van der Waals surface area contributed by atoms with Crippen molar-refractivity contribution in [2.75, 3.05) is 0 Å². The quantitative estimate of drug-likeness (QED) is 0.664. The van der Waals surface area contributed by atoms with E-state index in [4.69, 9.17) is 0 Å². The SMILES string of the molecule is CC(=O)CCC1(C)C(C)CCC2C1CCC1(C)C(C(=O)NC(C)(C)C)CCC21. The predicted molar refractivity (Wildman–Crippen MR) is 115 cm³/mol. The summed E-state index contributed by atoms with van der Waals surface area (Å²) < 4.78 is 0. The van der Waals surface area contributed by atoms with Crippen LogP contribution >= 0.6 is 0 Å². The van der Waals surface area contributed by atoms with Crippen molar-refractivity contribution in [3.63, 3.8) is 0 Å². The molecule has 1 N–H and O–H groups in total. The first kappa shape index (κ1) is 21.8. The second kappa shape index (κ2) is 7.43. The van der Waals surface area contributed by atoms with Gasteiger partial charge in [0, 0.05) is 17.9 Å². The summed E-state index contributed by atoms with van der Waals surface area (Å²) in [6.45, 7) is 15.3. The Morgan fingerprint density at radius 3 is 2.29 bits per heavy atom. The molecule has 0 aromatic rings. The molecule has 3 heteroatoms. The maximum atomic E-state index is 13.1. The lowest BCUT2D eigenvalue weighted by Gasteiger charge is -2.58. The van der Waals surface area contributed by atoms with Gasteiger partial charge in [-0.3, -0.25) is 4.79 Å². The van der Waals surface area contributed by atoms with E-state index in [1.54, 1.807) is 6.92 Å². The highest BCUT2D eigenvalue weighted by atomic mass is 16.2. The van der Waals surface area contributed by atoms with E-state index in [0.29, 0.717) is 17.6 Å². The minimum Gasteiger partial charge on any atom is -0.351 e. The maximum Gasteiger partial charge on any atom is 0.224 e. The molecule has 28 heavy (non-hydrogen) atoms. The zero-order valence-electron chi connectivity index (χ0n) is 19.4. The van der Waals surface area contributed by atoms with Crippen LogP contribution in [0.4, 0.5) is 0 Å². The highest BCUT2D eigenvalue weighted by Crippen LogP contribution is 2.66. The van der Waals surface area contributed by atoms with Crippen molar-refractivity contribution in [2.45, 2.75) is 105 Å². The van der Waals surface area contributed by atoms with Gasteiger partial charge in [-0.1, -0.05) is 20.8 Å². The van der Waals surface area contributed by atoms with E-state index in [9.17, 15) is 9.59 Å². The van der Waals surface area contributed by atoms with Gasteiger partial charge in [-0.15, -0.1) is 0 Å². The molecule has 3 aliphatic carbocycles. The molecule has 1 amide bonds. The molecule has 0 radical (unpaired) electrons. The fraction of sp³-hybridized carbons (Fsp3) is 0.920. The van der Waals surface area contributed by atoms with Gasteiger partial charge in [0.25, 0.3) is 0 Å². The normalized spacial score (nSPS) is 43.2. The molecule has 0 bridgehead atoms. The van der Waals surface area contributed by atoms with Crippen molar-refractivity contribution < 1.29 is 9.59 Å². The van der Waals surface area contributed by atoms with Crippen LogP contribution in [0.25, 0.3) is 0 Å². The number of rotatable bonds is 4. The minimum atomic E-state index is -0.158. The number of hydrogen-bond acceptors (Lipinski definition) is 2. The molecule has 0 aromatic heterocycles. The van der Waals surface area contributed by atoms with Crippen LogP contribution in [0.3, 0.4) is 0 Å². The van der Waals surface area contributed by atoms with Gasteiger partial charge in [0.05, 0.1) is 0 Å². The van der Waals surface area contributed by atoms with Crippen LogP contribution < -0.4 is 5.32 Å². The Morgan fingerprint density at radius 1 is 1.00 bits per heavy atom. The van der Waals surface area contributed by atoms with Crippen molar-refractivity contribution >= 4 is 11.7 Å². The number of ketones is 1. The standard InChI is InChI=1S/C25H43NO2/c1-16-8-9-18-19-10-11-21(22(28)26-23(3,4)5)25(19,7)15-13-20(18)24(16,6)14-12-17(2)27/h16,18-21H,8-15H2,1-7H3,(H,26,28). The molecule has 0 saturated heterocycles. The van der Waals surface area contributed by atoms with Crippen LogP contribution in [0.15, 0.2) is 0 Å². The van der Waals surface area contributed by atoms with Crippen LogP contribution in [0.5, 0.6) is 0 Å². The Bertz CT molecular complexity index is 621. The molecule has 3 aliphatic rings. The van der Waals surface area contributed by atoms with Gasteiger partial charge < -0.3 is 10.1 Å². The van der Waals surface area contributed by atoms with Gasteiger partial charge in [-0.05, 0) is 107 Å². The lowest BCUT2D eigenvalue weighted by Crippen LogP contribution is -2.53. The number of Topliss-reactive ketones (excluding diaryl/α,β-unsaturated/α-hetero) is 1. The Balaban J connectivity index is 1.81. The van der Waals surface area contributed by atoms with E-state index in [-0.39, 0.29) is 28.2 Å². The smallest absolute Gasteiger partial charge is 0.224 e. The summed E-state index contributed by atoms with van der Waals surface area (Å²) in [7, 11) is 0. The first-order valence-electron chi connectivity index (χ1n) is 11.7. The second-order valence-corrected chi connectivity index (χ2v) is 12.0. The molecule has 0 aromatic carbocycles. The van der Waals surface area contributed by atoms with Crippen LogP contribution in [0, 0.1) is 40.4 Å². The number of carbonyl (C=O) groups is 2. The van der Waals surface area contributed by atoms with Gasteiger partial charge >= 0.3 is 0 Å². The zero-order chi connectivity index (χ0) is 20.9. The van der Waals surface area contributed by atoms with E-state index in [0.717, 1.165) is 31.1 Å². The first-order valence-corrected chi connectivity index (χ1v) is 11.7. The molecule has 3 nitrogen and oxygen atoms in total. The van der Waals surface area contributed by atoms with Gasteiger partial charge in [-0.25, -0.2) is 0 Å². The Hall–Kier alpha value is -0.860. The molecule has 0 spiro atoms. The van der Waals surface area contributed by atoms with Gasteiger partial charge in [0.1, 0.15) is 5.78 Å². The van der Waals surface area contributed by atoms with Crippen molar-refractivity contribution in [3.8, 4) is 0 Å². The Morgan fingerprint density at radius 2 is 1.68 bits per heavy atom. The molecule has 3 saturated carbocycles. The number of carbonyl (C=O) groups excluding carboxylic acids is 2. The van der Waals surface area contributed by atoms with Crippen molar-refractivity contribution in [3.05, 3.63) is 0 Å². The number of fused-ring (bicyclic) bond motifs is 3. The van der Waals surface area contributed by atoms with Crippen molar-refractivity contribution in [1.29, 1.82) is 0 Å². The molecule has 0 aliphatic heterocycles. The zero-order valence-corrected chi connectivity index (χ0v) is 19.4. The number of amides is 1. The van der Waals surface area contributed by atoms with Crippen LogP contribution in [-0.4, -0.2) is 17.2 Å². The predicted octanol–water partition coefficient (Wildman–Crippen LogP) is 5.77. The molecule has 160 valence electrons. The topological polar surface area (TPSA) is 46.2 Å². The summed E-state index contributed by atoms with van der Waals surface area (Å²) in [5, 5.41) is 3.27. The Kier molecular flexibility index (Phi) is 5.80. The summed E-state index contributed by atoms with van der Waals surface area (Å²) in [6, 6.07) is 0. The molecular weight excluding hydrogens is 346 g/mol. The maximum absolute atomic E-state index is 13.1. The van der Waals surface area contributed by atoms with Crippen LogP contribution in [0.1, 0.15) is 99.8 Å². The average molecular weight is 390 g/mol. The van der Waals surface area contributed by atoms with Gasteiger partial charge in [-0.2, -0.15) is 0 Å². The summed E-state index contributed by atoms with van der Waals surface area (Å²) in [4.78, 5) is 24.8. The van der Waals surface area contributed by atoms with Crippen molar-refractivity contribution in [1.82, 2.24) is 5.32 Å². The van der Waals surface area contributed by atoms with E-state index in [1.165, 1.54) is 32.1 Å². The third-order valence-electron chi connectivity index (χ3n) is 9.17. The molecule has 3 fully saturated rings. The lowest BCUT2D eigenvalue weighted by atomic mass is 9.46. The van der Waals surface area contributed by atoms with Crippen LogP contribution in [-0.2, 0) is 9.59 Å². The van der Waals surface area contributed by atoms with E-state index >= 15 is 0 Å².